The van der Waals surface area contributed by atoms with Crippen LogP contribution in [0.25, 0.3) is 0 Å². The summed E-state index contributed by atoms with van der Waals surface area (Å²) >= 11 is 0. The maximum atomic E-state index is 10.2. The molecule has 0 bridgehead atoms. The van der Waals surface area contributed by atoms with E-state index >= 15 is 0 Å². The second kappa shape index (κ2) is 17.0. The number of carboxylic acids is 1. The Kier molecular flexibility index (Phi) is 15.4. The second-order valence-electron chi connectivity index (χ2n) is 4.68. The third kappa shape index (κ3) is 17.9. The van der Waals surface area contributed by atoms with Gasteiger partial charge in [-0.2, -0.15) is 0 Å². The molecule has 0 aromatic heterocycles. The molecule has 0 unspecified atom stereocenters. The van der Waals surface area contributed by atoms with Crippen molar-refractivity contribution in [3.63, 3.8) is 0 Å². The van der Waals surface area contributed by atoms with Crippen LogP contribution in [0.1, 0.15) is 45.4 Å². The van der Waals surface area contributed by atoms with Crippen molar-refractivity contribution in [2.45, 2.75) is 45.4 Å². The Labute approximate surface area is 134 Å². The van der Waals surface area contributed by atoms with Crippen molar-refractivity contribution in [3.8, 4) is 0 Å². The molecule has 0 heterocycles. The maximum Gasteiger partial charge on any atom is 0.327 e. The van der Waals surface area contributed by atoms with E-state index in [1.165, 1.54) is 6.08 Å². The fourth-order valence-electron chi connectivity index (χ4n) is 1.59. The van der Waals surface area contributed by atoms with Gasteiger partial charge in [0.15, 0.2) is 0 Å². The number of carbonyl (C=O) groups is 1. The summed E-state index contributed by atoms with van der Waals surface area (Å²) in [6, 6.07) is 0. The quantitative estimate of drug-likeness (QED) is 0.367. The zero-order valence-electron chi connectivity index (χ0n) is 13.5. The van der Waals surface area contributed by atoms with Gasteiger partial charge in [0.25, 0.3) is 0 Å². The van der Waals surface area contributed by atoms with Gasteiger partial charge in [0.2, 0.25) is 0 Å². The Morgan fingerprint density at radius 2 is 0.955 bits per heavy atom. The molecule has 0 saturated carbocycles. The minimum absolute atomic E-state index is 0.666. The average molecular weight is 300 g/mol. The first-order valence-corrected chi connectivity index (χ1v) is 7.91. The van der Waals surface area contributed by atoms with E-state index in [2.05, 4.69) is 55.5 Å². The van der Waals surface area contributed by atoms with Crippen molar-refractivity contribution in [3.05, 3.63) is 72.9 Å². The lowest BCUT2D eigenvalue weighted by Gasteiger charge is -1.85. The summed E-state index contributed by atoms with van der Waals surface area (Å²) in [5, 5.41) is 8.40. The van der Waals surface area contributed by atoms with Crippen LogP contribution >= 0.6 is 0 Å². The summed E-state index contributed by atoms with van der Waals surface area (Å²) in [4.78, 5) is 10.2. The Hall–Kier alpha value is -2.09. The first-order valence-electron chi connectivity index (χ1n) is 7.91. The second-order valence-corrected chi connectivity index (χ2v) is 4.68. The summed E-state index contributed by atoms with van der Waals surface area (Å²) in [7, 11) is 0. The van der Waals surface area contributed by atoms with E-state index in [1.807, 2.05) is 12.2 Å². The Balaban J connectivity index is 3.53. The van der Waals surface area contributed by atoms with Gasteiger partial charge >= 0.3 is 5.97 Å². The molecule has 0 fully saturated rings. The van der Waals surface area contributed by atoms with Gasteiger partial charge < -0.3 is 5.11 Å². The van der Waals surface area contributed by atoms with Crippen LogP contribution < -0.4 is 0 Å². The molecule has 2 nitrogen and oxygen atoms in total. The SMILES string of the molecule is CC/C=C\C/C=C\C/C=C\C/C=C\C/C=C\CC=CC(=O)O. The summed E-state index contributed by atoms with van der Waals surface area (Å²) in [5.74, 6) is -0.896. The molecule has 2 heteroatoms. The van der Waals surface area contributed by atoms with Gasteiger partial charge in [-0.3, -0.25) is 0 Å². The zero-order valence-corrected chi connectivity index (χ0v) is 13.5. The van der Waals surface area contributed by atoms with Gasteiger partial charge in [0.05, 0.1) is 0 Å². The van der Waals surface area contributed by atoms with Crippen LogP contribution in [0.5, 0.6) is 0 Å². The Morgan fingerprint density at radius 1 is 0.636 bits per heavy atom. The molecule has 0 atom stereocenters. The molecular formula is C20H28O2. The molecule has 0 aromatic carbocycles. The number of hydrogen-bond acceptors (Lipinski definition) is 1. The Bertz CT molecular complexity index is 435. The van der Waals surface area contributed by atoms with Crippen LogP contribution in [0.15, 0.2) is 72.9 Å². The highest BCUT2D eigenvalue weighted by Crippen LogP contribution is 1.96. The number of carboxylic acid groups (broad SMARTS) is 1. The minimum Gasteiger partial charge on any atom is -0.478 e. The van der Waals surface area contributed by atoms with Crippen LogP contribution in [-0.2, 0) is 4.79 Å². The first-order chi connectivity index (χ1) is 10.8. The summed E-state index contributed by atoms with van der Waals surface area (Å²) in [6.07, 6.45) is 29.8. The number of rotatable bonds is 12. The fraction of sp³-hybridized carbons (Fsp3) is 0.350. The fourth-order valence-corrected chi connectivity index (χ4v) is 1.59. The average Bonchev–Trinajstić information content (AvgIpc) is 2.50. The molecule has 22 heavy (non-hydrogen) atoms. The first kappa shape index (κ1) is 19.9. The molecule has 0 spiro atoms. The third-order valence-electron chi connectivity index (χ3n) is 2.69. The van der Waals surface area contributed by atoms with Crippen LogP contribution in [-0.4, -0.2) is 11.1 Å². The molecule has 0 aromatic rings. The zero-order chi connectivity index (χ0) is 16.3. The van der Waals surface area contributed by atoms with Crippen LogP contribution in [0.3, 0.4) is 0 Å². The highest BCUT2D eigenvalue weighted by atomic mass is 16.4. The van der Waals surface area contributed by atoms with Crippen molar-refractivity contribution in [1.82, 2.24) is 0 Å². The van der Waals surface area contributed by atoms with E-state index in [1.54, 1.807) is 6.08 Å². The lowest BCUT2D eigenvalue weighted by Crippen LogP contribution is -1.84. The lowest BCUT2D eigenvalue weighted by atomic mass is 10.2. The number of hydrogen-bond donors (Lipinski definition) is 1. The molecule has 1 N–H and O–H groups in total. The topological polar surface area (TPSA) is 37.3 Å². The molecule has 0 radical (unpaired) electrons. The van der Waals surface area contributed by atoms with Crippen molar-refractivity contribution < 1.29 is 9.90 Å². The maximum absolute atomic E-state index is 10.2. The third-order valence-corrected chi connectivity index (χ3v) is 2.69. The number of aliphatic carboxylic acids is 1. The van der Waals surface area contributed by atoms with Crippen LogP contribution in [0, 0.1) is 0 Å². The molecular weight excluding hydrogens is 272 g/mol. The van der Waals surface area contributed by atoms with Gasteiger partial charge in [0.1, 0.15) is 0 Å². The minimum atomic E-state index is -0.896. The smallest absolute Gasteiger partial charge is 0.327 e. The predicted molar refractivity (Wildman–Crippen MR) is 95.9 cm³/mol. The monoisotopic (exact) mass is 300 g/mol. The van der Waals surface area contributed by atoms with E-state index < -0.39 is 5.97 Å². The molecule has 0 aliphatic rings. The Morgan fingerprint density at radius 3 is 1.27 bits per heavy atom. The van der Waals surface area contributed by atoms with E-state index in [-0.39, 0.29) is 0 Å². The summed E-state index contributed by atoms with van der Waals surface area (Å²) in [5.41, 5.74) is 0. The van der Waals surface area contributed by atoms with Gasteiger partial charge in [0, 0.05) is 6.08 Å². The van der Waals surface area contributed by atoms with Crippen molar-refractivity contribution in [2.75, 3.05) is 0 Å². The molecule has 0 rings (SSSR count). The lowest BCUT2D eigenvalue weighted by molar-refractivity contribution is -0.131. The molecule has 0 aliphatic heterocycles. The van der Waals surface area contributed by atoms with E-state index in [9.17, 15) is 4.79 Å². The molecule has 0 aliphatic carbocycles. The predicted octanol–water partition coefficient (Wildman–Crippen LogP) is 5.77. The molecule has 120 valence electrons. The number of allylic oxidation sites excluding steroid dienone is 11. The van der Waals surface area contributed by atoms with E-state index in [0.717, 1.165) is 32.1 Å². The highest BCUT2D eigenvalue weighted by Gasteiger charge is 1.81. The van der Waals surface area contributed by atoms with Crippen molar-refractivity contribution in [1.29, 1.82) is 0 Å². The molecule has 0 amide bonds. The van der Waals surface area contributed by atoms with Crippen LogP contribution in [0.4, 0.5) is 0 Å². The largest absolute Gasteiger partial charge is 0.478 e. The van der Waals surface area contributed by atoms with Gasteiger partial charge in [-0.1, -0.05) is 73.8 Å². The summed E-state index contributed by atoms with van der Waals surface area (Å²) < 4.78 is 0. The van der Waals surface area contributed by atoms with Gasteiger partial charge in [-0.15, -0.1) is 0 Å². The normalized spacial score (nSPS) is 13.1. The van der Waals surface area contributed by atoms with Crippen molar-refractivity contribution in [2.24, 2.45) is 0 Å². The van der Waals surface area contributed by atoms with Crippen LogP contribution in [0.2, 0.25) is 0 Å². The van der Waals surface area contributed by atoms with E-state index in [4.69, 9.17) is 5.11 Å². The van der Waals surface area contributed by atoms with Gasteiger partial charge in [-0.25, -0.2) is 4.79 Å². The summed E-state index contributed by atoms with van der Waals surface area (Å²) in [6.45, 7) is 2.14. The highest BCUT2D eigenvalue weighted by molar-refractivity contribution is 5.79. The molecule has 0 saturated heterocycles. The standard InChI is InChI=1S/C20H28O2/c1-2-3-4-5-6-7-8-9-10-11-12-13-14-15-16-17-18-19-20(21)22/h3-4,6-7,9-10,12-13,15-16,18-19H,2,5,8,11,14,17H2,1H3,(H,21,22)/b4-3-,7-6-,10-9-,13-12-,16-15-,19-18?. The van der Waals surface area contributed by atoms with Gasteiger partial charge in [-0.05, 0) is 38.5 Å². The van der Waals surface area contributed by atoms with E-state index in [0.29, 0.717) is 6.42 Å². The van der Waals surface area contributed by atoms with Crippen molar-refractivity contribution >= 4 is 5.97 Å².